The van der Waals surface area contributed by atoms with Crippen LogP contribution in [0, 0.1) is 10.1 Å². The zero-order chi connectivity index (χ0) is 19.6. The number of aromatic nitrogens is 2. The molecular formula is C17H20N4O6. The van der Waals surface area contributed by atoms with E-state index >= 15 is 0 Å². The predicted octanol–water partition coefficient (Wildman–Crippen LogP) is 1.16. The largest absolute Gasteiger partial charge is 0.390 e. The summed E-state index contributed by atoms with van der Waals surface area (Å²) in [5.74, 6) is 0.105. The molecule has 0 bridgehead atoms. The lowest BCUT2D eigenvalue weighted by molar-refractivity contribution is -0.386. The van der Waals surface area contributed by atoms with Crippen LogP contribution in [0.3, 0.4) is 0 Å². The van der Waals surface area contributed by atoms with Gasteiger partial charge in [0.05, 0.1) is 29.3 Å². The number of nitro benzene ring substituents is 1. The number of nitrogen functional groups attached to an aromatic ring is 1. The molecule has 10 heteroatoms. The third kappa shape index (κ3) is 4.13. The van der Waals surface area contributed by atoms with Crippen molar-refractivity contribution in [3.8, 4) is 0 Å². The first-order valence-corrected chi connectivity index (χ1v) is 8.40. The lowest BCUT2D eigenvalue weighted by atomic mass is 10.1. The summed E-state index contributed by atoms with van der Waals surface area (Å²) in [6.45, 7) is 1.71. The summed E-state index contributed by atoms with van der Waals surface area (Å²) in [5, 5.41) is 21.4. The van der Waals surface area contributed by atoms with Gasteiger partial charge in [0.15, 0.2) is 0 Å². The van der Waals surface area contributed by atoms with Gasteiger partial charge in [0.25, 0.3) is 5.69 Å². The number of benzene rings is 1. The topological polar surface area (TPSA) is 143 Å². The molecule has 1 fully saturated rings. The Kier molecular flexibility index (Phi) is 5.49. The van der Waals surface area contributed by atoms with E-state index in [1.165, 1.54) is 22.9 Å². The summed E-state index contributed by atoms with van der Waals surface area (Å²) in [4.78, 5) is 26.2. The zero-order valence-electron chi connectivity index (χ0n) is 14.6. The van der Waals surface area contributed by atoms with Crippen LogP contribution in [0.5, 0.6) is 0 Å². The van der Waals surface area contributed by atoms with Crippen molar-refractivity contribution >= 4 is 11.5 Å². The van der Waals surface area contributed by atoms with E-state index in [1.807, 2.05) is 0 Å². The molecule has 144 valence electrons. The van der Waals surface area contributed by atoms with Crippen LogP contribution in [0.15, 0.2) is 41.3 Å². The van der Waals surface area contributed by atoms with Gasteiger partial charge in [-0.05, 0) is 19.1 Å². The van der Waals surface area contributed by atoms with Crippen molar-refractivity contribution in [1.82, 2.24) is 9.55 Å². The van der Waals surface area contributed by atoms with Crippen LogP contribution in [0.25, 0.3) is 0 Å². The van der Waals surface area contributed by atoms with Crippen LogP contribution < -0.4 is 11.4 Å². The molecule has 0 aliphatic carbocycles. The van der Waals surface area contributed by atoms with Crippen LogP contribution in [0.4, 0.5) is 11.5 Å². The summed E-state index contributed by atoms with van der Waals surface area (Å²) in [5.41, 5.74) is 5.30. The van der Waals surface area contributed by atoms with E-state index in [0.717, 1.165) is 0 Å². The molecule has 4 atom stereocenters. The SMILES string of the molecule is CC(OC[C@H]1O[C@@H](n2ccc(N)nc2=O)C[C@@H]1O)c1ccccc1[N+](=O)[O-]. The first kappa shape index (κ1) is 19.0. The quantitative estimate of drug-likeness (QED) is 0.565. The second kappa shape index (κ2) is 7.82. The Labute approximate surface area is 154 Å². The molecule has 0 saturated carbocycles. The predicted molar refractivity (Wildman–Crippen MR) is 94.9 cm³/mol. The second-order valence-corrected chi connectivity index (χ2v) is 6.27. The molecule has 1 aliphatic heterocycles. The smallest absolute Gasteiger partial charge is 0.351 e. The maximum absolute atomic E-state index is 11.9. The van der Waals surface area contributed by atoms with E-state index in [2.05, 4.69) is 4.98 Å². The monoisotopic (exact) mass is 376 g/mol. The zero-order valence-corrected chi connectivity index (χ0v) is 14.6. The van der Waals surface area contributed by atoms with Crippen molar-refractivity contribution in [3.63, 3.8) is 0 Å². The van der Waals surface area contributed by atoms with Crippen molar-refractivity contribution < 1.29 is 19.5 Å². The van der Waals surface area contributed by atoms with Gasteiger partial charge in [-0.3, -0.25) is 14.7 Å². The molecule has 1 unspecified atom stereocenters. The van der Waals surface area contributed by atoms with E-state index in [0.29, 0.717) is 5.56 Å². The van der Waals surface area contributed by atoms with E-state index < -0.39 is 35.2 Å². The van der Waals surface area contributed by atoms with Crippen LogP contribution in [0.1, 0.15) is 31.2 Å². The number of aliphatic hydroxyl groups is 1. The average Bonchev–Trinajstić information content (AvgIpc) is 3.00. The molecule has 3 N–H and O–H groups in total. The molecule has 1 aliphatic rings. The molecule has 0 radical (unpaired) electrons. The molecule has 1 aromatic heterocycles. The van der Waals surface area contributed by atoms with Gasteiger partial charge in [-0.2, -0.15) is 4.98 Å². The standard InChI is InChI=1S/C17H20N4O6/c1-10(11-4-2-3-5-12(11)21(24)25)26-9-14-13(22)8-16(27-14)20-7-6-15(18)19-17(20)23/h2-7,10,13-14,16,22H,8-9H2,1H3,(H2,18,19,23)/t10?,13-,14+,16+/m0/s1. The molecule has 10 nitrogen and oxygen atoms in total. The highest BCUT2D eigenvalue weighted by Gasteiger charge is 2.36. The number of hydrogen-bond acceptors (Lipinski definition) is 8. The highest BCUT2D eigenvalue weighted by Crippen LogP contribution is 2.31. The molecule has 0 spiro atoms. The lowest BCUT2D eigenvalue weighted by Crippen LogP contribution is -2.28. The van der Waals surface area contributed by atoms with Crippen molar-refractivity contribution in [1.29, 1.82) is 0 Å². The summed E-state index contributed by atoms with van der Waals surface area (Å²) >= 11 is 0. The number of anilines is 1. The van der Waals surface area contributed by atoms with Crippen LogP contribution in [-0.4, -0.2) is 38.4 Å². The second-order valence-electron chi connectivity index (χ2n) is 6.27. The lowest BCUT2D eigenvalue weighted by Gasteiger charge is -2.19. The van der Waals surface area contributed by atoms with Crippen LogP contribution in [0.2, 0.25) is 0 Å². The summed E-state index contributed by atoms with van der Waals surface area (Å²) < 4.78 is 12.7. The minimum Gasteiger partial charge on any atom is -0.390 e. The van der Waals surface area contributed by atoms with E-state index in [4.69, 9.17) is 15.2 Å². The number of hydrogen-bond donors (Lipinski definition) is 2. The van der Waals surface area contributed by atoms with E-state index in [1.54, 1.807) is 25.1 Å². The van der Waals surface area contributed by atoms with E-state index in [9.17, 15) is 20.0 Å². The van der Waals surface area contributed by atoms with Crippen LogP contribution >= 0.6 is 0 Å². The molecular weight excluding hydrogens is 356 g/mol. The Balaban J connectivity index is 1.65. The maximum atomic E-state index is 11.9. The van der Waals surface area contributed by atoms with Crippen molar-refractivity contribution in [2.45, 2.75) is 37.9 Å². The Hall–Kier alpha value is -2.82. The fourth-order valence-corrected chi connectivity index (χ4v) is 3.01. The first-order chi connectivity index (χ1) is 12.9. The fourth-order valence-electron chi connectivity index (χ4n) is 3.01. The van der Waals surface area contributed by atoms with Crippen molar-refractivity contribution in [3.05, 3.63) is 62.7 Å². The van der Waals surface area contributed by atoms with Gasteiger partial charge in [0.1, 0.15) is 18.1 Å². The highest BCUT2D eigenvalue weighted by molar-refractivity contribution is 5.41. The molecule has 1 saturated heterocycles. The summed E-state index contributed by atoms with van der Waals surface area (Å²) in [6, 6.07) is 7.78. The Morgan fingerprint density at radius 3 is 2.93 bits per heavy atom. The Morgan fingerprint density at radius 2 is 2.22 bits per heavy atom. The Morgan fingerprint density at radius 1 is 1.48 bits per heavy atom. The molecule has 27 heavy (non-hydrogen) atoms. The van der Waals surface area contributed by atoms with Crippen LogP contribution in [-0.2, 0) is 9.47 Å². The number of nitro groups is 1. The number of rotatable bonds is 6. The fraction of sp³-hybridized carbons (Fsp3) is 0.412. The number of nitrogens with two attached hydrogens (primary N) is 1. The third-order valence-electron chi connectivity index (χ3n) is 4.45. The molecule has 2 heterocycles. The number of aliphatic hydroxyl groups excluding tert-OH is 1. The average molecular weight is 376 g/mol. The van der Waals surface area contributed by atoms with Crippen molar-refractivity contribution in [2.75, 3.05) is 12.3 Å². The third-order valence-corrected chi connectivity index (χ3v) is 4.45. The van der Waals surface area contributed by atoms with Gasteiger partial charge in [-0.25, -0.2) is 4.79 Å². The number of nitrogens with zero attached hydrogens (tertiary/aromatic N) is 3. The molecule has 3 rings (SSSR count). The van der Waals surface area contributed by atoms with Gasteiger partial charge < -0.3 is 20.3 Å². The molecule has 2 aromatic rings. The molecule has 0 amide bonds. The summed E-state index contributed by atoms with van der Waals surface area (Å²) in [7, 11) is 0. The minimum atomic E-state index is -0.850. The highest BCUT2D eigenvalue weighted by atomic mass is 16.6. The van der Waals surface area contributed by atoms with Gasteiger partial charge in [0, 0.05) is 18.7 Å². The van der Waals surface area contributed by atoms with Gasteiger partial charge in [0.2, 0.25) is 0 Å². The van der Waals surface area contributed by atoms with Crippen molar-refractivity contribution in [2.24, 2.45) is 0 Å². The van der Waals surface area contributed by atoms with Gasteiger partial charge in [-0.15, -0.1) is 0 Å². The minimum absolute atomic E-state index is 0.0159. The number of para-hydroxylation sites is 1. The Bertz CT molecular complexity index is 886. The number of ether oxygens (including phenoxy) is 2. The first-order valence-electron chi connectivity index (χ1n) is 8.40. The molecule has 1 aromatic carbocycles. The normalized spacial score (nSPS) is 23.3. The summed E-state index contributed by atoms with van der Waals surface area (Å²) in [6.07, 6.45) is -1.12. The van der Waals surface area contributed by atoms with Gasteiger partial charge >= 0.3 is 5.69 Å². The maximum Gasteiger partial charge on any atom is 0.351 e. The van der Waals surface area contributed by atoms with E-state index in [-0.39, 0.29) is 24.5 Å². The van der Waals surface area contributed by atoms with Gasteiger partial charge in [-0.1, -0.05) is 12.1 Å².